The van der Waals surface area contributed by atoms with Crippen LogP contribution in [-0.2, 0) is 0 Å². The number of nitrogens with zero attached hydrogens (tertiary/aromatic N) is 3. The van der Waals surface area contributed by atoms with Crippen molar-refractivity contribution in [2.75, 3.05) is 19.5 Å². The van der Waals surface area contributed by atoms with E-state index in [1.165, 1.54) is 0 Å². The van der Waals surface area contributed by atoms with Gasteiger partial charge >= 0.3 is 0 Å². The molecule has 0 aliphatic carbocycles. The van der Waals surface area contributed by atoms with Crippen LogP contribution in [0.1, 0.15) is 0 Å². The number of hydrogen-bond donors (Lipinski definition) is 1. The first-order chi connectivity index (χ1) is 6.35. The van der Waals surface area contributed by atoms with Crippen molar-refractivity contribution in [1.82, 2.24) is 14.4 Å². The topological polar surface area (TPSA) is 51.5 Å². The molecule has 0 aromatic carbocycles. The Morgan fingerprint density at radius 1 is 1.54 bits per heavy atom. The molecule has 2 aromatic rings. The number of methoxy groups -OCH3 is 1. The van der Waals surface area contributed by atoms with E-state index in [0.29, 0.717) is 5.88 Å². The van der Waals surface area contributed by atoms with Gasteiger partial charge in [0.1, 0.15) is 5.82 Å². The van der Waals surface area contributed by atoms with Crippen molar-refractivity contribution >= 4 is 11.5 Å². The van der Waals surface area contributed by atoms with E-state index in [1.54, 1.807) is 13.3 Å². The Balaban J connectivity index is 2.70. The number of hydrogen-bond acceptors (Lipinski definition) is 4. The minimum atomic E-state index is 0.525. The molecular weight excluding hydrogens is 168 g/mol. The lowest BCUT2D eigenvalue weighted by molar-refractivity contribution is 0.400. The summed E-state index contributed by atoms with van der Waals surface area (Å²) in [6.45, 7) is 0. The molecule has 0 amide bonds. The third-order valence-electron chi connectivity index (χ3n) is 1.79. The molecule has 2 heterocycles. The highest BCUT2D eigenvalue weighted by atomic mass is 16.5. The van der Waals surface area contributed by atoms with Gasteiger partial charge < -0.3 is 10.1 Å². The average molecular weight is 178 g/mol. The lowest BCUT2D eigenvalue weighted by atomic mass is 10.6. The molecule has 0 radical (unpaired) electrons. The Labute approximate surface area is 75.4 Å². The van der Waals surface area contributed by atoms with Gasteiger partial charge in [-0.1, -0.05) is 0 Å². The third kappa shape index (κ3) is 1.18. The average Bonchev–Trinajstić information content (AvgIpc) is 2.63. The van der Waals surface area contributed by atoms with Crippen molar-refractivity contribution in [1.29, 1.82) is 0 Å². The highest BCUT2D eigenvalue weighted by Crippen LogP contribution is 2.17. The summed E-state index contributed by atoms with van der Waals surface area (Å²) in [6, 6.07) is 0. The summed E-state index contributed by atoms with van der Waals surface area (Å²) in [5.41, 5.74) is 0.724. The molecule has 13 heavy (non-hydrogen) atoms. The number of nitrogens with one attached hydrogen (secondary N) is 1. The summed E-state index contributed by atoms with van der Waals surface area (Å²) < 4.78 is 6.95. The van der Waals surface area contributed by atoms with E-state index < -0.39 is 0 Å². The van der Waals surface area contributed by atoms with Crippen LogP contribution in [0, 0.1) is 0 Å². The Morgan fingerprint density at radius 3 is 3.08 bits per heavy atom. The van der Waals surface area contributed by atoms with Crippen molar-refractivity contribution in [2.45, 2.75) is 0 Å². The normalized spacial score (nSPS) is 10.3. The minimum Gasteiger partial charge on any atom is -0.478 e. The molecule has 0 unspecified atom stereocenters. The second-order valence-electron chi connectivity index (χ2n) is 2.54. The molecule has 0 spiro atoms. The second kappa shape index (κ2) is 2.93. The summed E-state index contributed by atoms with van der Waals surface area (Å²) in [4.78, 5) is 8.31. The number of anilines is 1. The van der Waals surface area contributed by atoms with Crippen molar-refractivity contribution in [3.8, 4) is 5.88 Å². The molecule has 0 bridgehead atoms. The van der Waals surface area contributed by atoms with Crippen molar-refractivity contribution < 1.29 is 4.74 Å². The smallest absolute Gasteiger partial charge is 0.260 e. The lowest BCUT2D eigenvalue weighted by Crippen LogP contribution is -1.99. The Morgan fingerprint density at radius 2 is 2.38 bits per heavy atom. The second-order valence-corrected chi connectivity index (χ2v) is 2.54. The number of aromatic nitrogens is 3. The lowest BCUT2D eigenvalue weighted by Gasteiger charge is -2.04. The van der Waals surface area contributed by atoms with Crippen molar-refractivity contribution in [2.24, 2.45) is 0 Å². The predicted octanol–water partition coefficient (Wildman–Crippen LogP) is 0.780. The molecule has 2 aromatic heterocycles. The number of fused-ring (bicyclic) bond motifs is 1. The van der Waals surface area contributed by atoms with Crippen LogP contribution in [0.25, 0.3) is 5.65 Å². The van der Waals surface area contributed by atoms with Gasteiger partial charge in [-0.25, -0.2) is 4.98 Å². The molecule has 0 aliphatic rings. The molecule has 0 saturated heterocycles. The van der Waals surface area contributed by atoms with Crippen LogP contribution in [-0.4, -0.2) is 28.5 Å². The maximum Gasteiger partial charge on any atom is 0.260 e. The maximum absolute atomic E-state index is 5.09. The van der Waals surface area contributed by atoms with Gasteiger partial charge in [0.25, 0.3) is 5.88 Å². The third-order valence-corrected chi connectivity index (χ3v) is 1.79. The molecule has 2 rings (SSSR count). The van der Waals surface area contributed by atoms with Crippen LogP contribution in [0.15, 0.2) is 18.6 Å². The minimum absolute atomic E-state index is 0.525. The molecule has 0 atom stereocenters. The van der Waals surface area contributed by atoms with E-state index in [4.69, 9.17) is 4.74 Å². The van der Waals surface area contributed by atoms with Crippen LogP contribution >= 0.6 is 0 Å². The Hall–Kier alpha value is -1.78. The van der Waals surface area contributed by atoms with Crippen LogP contribution in [0.3, 0.4) is 0 Å². The van der Waals surface area contributed by atoms with Gasteiger partial charge in [0, 0.05) is 19.4 Å². The van der Waals surface area contributed by atoms with Gasteiger partial charge in [-0.15, -0.1) is 0 Å². The van der Waals surface area contributed by atoms with Crippen LogP contribution in [0.2, 0.25) is 0 Å². The number of imidazole rings is 1. The Kier molecular flexibility index (Phi) is 1.77. The highest BCUT2D eigenvalue weighted by Gasteiger charge is 2.05. The summed E-state index contributed by atoms with van der Waals surface area (Å²) in [7, 11) is 3.39. The summed E-state index contributed by atoms with van der Waals surface area (Å²) >= 11 is 0. The van der Waals surface area contributed by atoms with Gasteiger partial charge in [-0.2, -0.15) is 4.98 Å². The van der Waals surface area contributed by atoms with Crippen molar-refractivity contribution in [3.05, 3.63) is 18.6 Å². The standard InChI is InChI=1S/C8H10N4O/c1-9-6-5-12-4-3-10-7(12)8(11-6)13-2/h3-5,9H,1-2H3. The molecule has 1 N–H and O–H groups in total. The van der Waals surface area contributed by atoms with E-state index in [9.17, 15) is 0 Å². The summed E-state index contributed by atoms with van der Waals surface area (Å²) in [5, 5.41) is 2.94. The SMILES string of the molecule is CNc1cn2ccnc2c(OC)n1. The van der Waals surface area contributed by atoms with Gasteiger partial charge in [0.2, 0.25) is 5.65 Å². The van der Waals surface area contributed by atoms with Gasteiger partial charge in [-0.3, -0.25) is 4.40 Å². The zero-order valence-corrected chi connectivity index (χ0v) is 7.48. The van der Waals surface area contributed by atoms with E-state index in [-0.39, 0.29) is 0 Å². The van der Waals surface area contributed by atoms with Gasteiger partial charge in [0.15, 0.2) is 0 Å². The fourth-order valence-corrected chi connectivity index (χ4v) is 1.16. The Bertz CT molecular complexity index is 423. The molecule has 0 fully saturated rings. The monoisotopic (exact) mass is 178 g/mol. The number of rotatable bonds is 2. The van der Waals surface area contributed by atoms with Gasteiger partial charge in [-0.05, 0) is 0 Å². The van der Waals surface area contributed by atoms with Crippen LogP contribution < -0.4 is 10.1 Å². The largest absolute Gasteiger partial charge is 0.478 e. The molecule has 0 aliphatic heterocycles. The van der Waals surface area contributed by atoms with Gasteiger partial charge in [0.05, 0.1) is 13.3 Å². The van der Waals surface area contributed by atoms with E-state index in [0.717, 1.165) is 11.5 Å². The van der Waals surface area contributed by atoms with E-state index in [1.807, 2.05) is 23.8 Å². The van der Waals surface area contributed by atoms with Crippen molar-refractivity contribution in [3.63, 3.8) is 0 Å². The fourth-order valence-electron chi connectivity index (χ4n) is 1.16. The zero-order chi connectivity index (χ0) is 9.26. The fraction of sp³-hybridized carbons (Fsp3) is 0.250. The maximum atomic E-state index is 5.09. The summed E-state index contributed by atoms with van der Waals surface area (Å²) in [5.74, 6) is 1.28. The highest BCUT2D eigenvalue weighted by molar-refractivity contribution is 5.53. The zero-order valence-electron chi connectivity index (χ0n) is 7.48. The summed E-state index contributed by atoms with van der Waals surface area (Å²) in [6.07, 6.45) is 5.41. The predicted molar refractivity (Wildman–Crippen MR) is 49.1 cm³/mol. The molecule has 5 heteroatoms. The van der Waals surface area contributed by atoms with Crippen LogP contribution in [0.5, 0.6) is 5.88 Å². The molecule has 0 saturated carbocycles. The molecule has 68 valence electrons. The first-order valence-corrected chi connectivity index (χ1v) is 3.90. The first kappa shape index (κ1) is 7.85. The molecule has 5 nitrogen and oxygen atoms in total. The van der Waals surface area contributed by atoms with E-state index in [2.05, 4.69) is 15.3 Å². The van der Waals surface area contributed by atoms with Crippen LogP contribution in [0.4, 0.5) is 5.82 Å². The number of ether oxygens (including phenoxy) is 1. The molecular formula is C8H10N4O. The first-order valence-electron chi connectivity index (χ1n) is 3.90. The van der Waals surface area contributed by atoms with E-state index >= 15 is 0 Å². The quantitative estimate of drug-likeness (QED) is 0.738.